The quantitative estimate of drug-likeness (QED) is 0.507. The summed E-state index contributed by atoms with van der Waals surface area (Å²) in [5.41, 5.74) is 0. The molecule has 26 heavy (non-hydrogen) atoms. The van der Waals surface area contributed by atoms with Crippen molar-refractivity contribution in [1.29, 1.82) is 0 Å². The van der Waals surface area contributed by atoms with Crippen molar-refractivity contribution in [2.45, 2.75) is 38.3 Å². The number of aliphatic imine (C=N–C) groups is 1. The van der Waals surface area contributed by atoms with Crippen LogP contribution in [0.5, 0.6) is 0 Å². The van der Waals surface area contributed by atoms with Crippen molar-refractivity contribution < 1.29 is 23.7 Å². The number of hydrogen-bond acceptors (Lipinski definition) is 6. The van der Waals surface area contributed by atoms with Crippen LogP contribution in [0.15, 0.2) is 4.99 Å². The number of urea groups is 1. The Kier molecular flexibility index (Phi) is 5.08. The Morgan fingerprint density at radius 3 is 2.65 bits per heavy atom. The van der Waals surface area contributed by atoms with Gasteiger partial charge in [-0.05, 0) is 31.3 Å². The molecule has 2 saturated heterocycles. The summed E-state index contributed by atoms with van der Waals surface area (Å²) in [6, 6.07) is -0.774. The molecule has 3 aliphatic heterocycles. The number of amidine groups is 2. The van der Waals surface area contributed by atoms with Crippen LogP contribution in [-0.4, -0.2) is 102 Å². The number of hydrogen-bond donors (Lipinski definition) is 0. The summed E-state index contributed by atoms with van der Waals surface area (Å²) in [5, 5.41) is 0. The summed E-state index contributed by atoms with van der Waals surface area (Å²) in [6.45, 7) is 3.59. The first-order valence-electron chi connectivity index (χ1n) is 8.92. The summed E-state index contributed by atoms with van der Waals surface area (Å²) in [4.78, 5) is 46.2. The van der Waals surface area contributed by atoms with Gasteiger partial charge in [-0.25, -0.2) is 14.2 Å². The lowest BCUT2D eigenvalue weighted by atomic mass is 10.0. The Labute approximate surface area is 152 Å². The van der Waals surface area contributed by atoms with Gasteiger partial charge in [0.1, 0.15) is 6.54 Å². The van der Waals surface area contributed by atoms with E-state index in [1.54, 1.807) is 11.6 Å². The van der Waals surface area contributed by atoms with E-state index in [0.29, 0.717) is 24.3 Å². The highest BCUT2D eigenvalue weighted by molar-refractivity contribution is 6.23. The maximum absolute atomic E-state index is 12.7. The predicted octanol–water partition coefficient (Wildman–Crippen LogP) is -0.251. The minimum absolute atomic E-state index is 0.0761. The molecule has 0 bridgehead atoms. The lowest BCUT2D eigenvalue weighted by molar-refractivity contribution is -0.527. The Balaban J connectivity index is 1.96. The SMILES string of the molecule is COC(=O)C[N+]1=C(CN2CCCCC2C)N=C2C1C(=O)N(C)C(=O)N2C. The van der Waals surface area contributed by atoms with Crippen molar-refractivity contribution in [3.8, 4) is 0 Å². The highest BCUT2D eigenvalue weighted by atomic mass is 16.5. The average molecular weight is 364 g/mol. The summed E-state index contributed by atoms with van der Waals surface area (Å²) < 4.78 is 6.47. The number of methoxy groups -OCH3 is 1. The van der Waals surface area contributed by atoms with Crippen molar-refractivity contribution in [1.82, 2.24) is 14.7 Å². The molecule has 3 rings (SSSR count). The van der Waals surface area contributed by atoms with Gasteiger partial charge in [-0.1, -0.05) is 6.42 Å². The molecule has 0 aromatic carbocycles. The van der Waals surface area contributed by atoms with Crippen LogP contribution in [0, 0.1) is 0 Å². The Morgan fingerprint density at radius 1 is 1.27 bits per heavy atom. The number of likely N-dealkylation sites (N-methyl/N-ethyl adjacent to an activating group) is 2. The maximum atomic E-state index is 12.7. The summed E-state index contributed by atoms with van der Waals surface area (Å²) in [6.07, 6.45) is 3.44. The van der Waals surface area contributed by atoms with E-state index in [2.05, 4.69) is 16.8 Å². The molecule has 0 spiro atoms. The van der Waals surface area contributed by atoms with Crippen LogP contribution in [0.2, 0.25) is 0 Å². The molecule has 0 aromatic rings. The molecule has 142 valence electrons. The molecule has 0 aliphatic carbocycles. The van der Waals surface area contributed by atoms with Crippen LogP contribution in [0.1, 0.15) is 26.2 Å². The van der Waals surface area contributed by atoms with Gasteiger partial charge in [-0.15, -0.1) is 0 Å². The molecule has 3 heterocycles. The van der Waals surface area contributed by atoms with E-state index >= 15 is 0 Å². The molecule has 9 nitrogen and oxygen atoms in total. The van der Waals surface area contributed by atoms with E-state index < -0.39 is 18.0 Å². The van der Waals surface area contributed by atoms with Crippen LogP contribution in [0.3, 0.4) is 0 Å². The number of likely N-dealkylation sites (tertiary alicyclic amines) is 1. The third kappa shape index (κ3) is 3.11. The largest absolute Gasteiger partial charge is 0.466 e. The molecule has 0 radical (unpaired) electrons. The van der Waals surface area contributed by atoms with Gasteiger partial charge in [0.2, 0.25) is 0 Å². The third-order valence-electron chi connectivity index (χ3n) is 5.43. The molecular formula is C17H26N5O4+. The van der Waals surface area contributed by atoms with Crippen molar-refractivity contribution in [3.63, 3.8) is 0 Å². The molecule has 3 amide bonds. The molecule has 0 saturated carbocycles. The molecule has 2 atom stereocenters. The zero-order valence-corrected chi connectivity index (χ0v) is 15.8. The minimum Gasteiger partial charge on any atom is -0.466 e. The van der Waals surface area contributed by atoms with Crippen LogP contribution >= 0.6 is 0 Å². The lowest BCUT2D eigenvalue weighted by Gasteiger charge is -2.32. The monoisotopic (exact) mass is 364 g/mol. The number of rotatable bonds is 4. The molecule has 3 aliphatic rings. The number of ether oxygens (including phenoxy) is 1. The zero-order chi connectivity index (χ0) is 19.0. The number of fused-ring (bicyclic) bond motifs is 1. The molecule has 2 unspecified atom stereocenters. The Bertz CT molecular complexity index is 701. The number of carbonyl (C=O) groups is 3. The first-order chi connectivity index (χ1) is 12.3. The second-order valence-electron chi connectivity index (χ2n) is 7.05. The lowest BCUT2D eigenvalue weighted by Crippen LogP contribution is -2.62. The van der Waals surface area contributed by atoms with E-state index in [0.717, 1.165) is 24.3 Å². The Morgan fingerprint density at radius 2 is 2.00 bits per heavy atom. The maximum Gasteiger partial charge on any atom is 0.347 e. The van der Waals surface area contributed by atoms with Gasteiger partial charge in [0.25, 0.3) is 17.8 Å². The van der Waals surface area contributed by atoms with Gasteiger partial charge in [0, 0.05) is 20.1 Å². The fourth-order valence-electron chi connectivity index (χ4n) is 3.74. The number of amides is 3. The number of imide groups is 1. The molecule has 0 N–H and O–H groups in total. The fraction of sp³-hybridized carbons (Fsp3) is 0.706. The fourth-order valence-corrected chi connectivity index (χ4v) is 3.74. The van der Waals surface area contributed by atoms with Crippen molar-refractivity contribution in [3.05, 3.63) is 0 Å². The second-order valence-corrected chi connectivity index (χ2v) is 7.05. The van der Waals surface area contributed by atoms with Crippen LogP contribution < -0.4 is 0 Å². The average Bonchev–Trinajstić information content (AvgIpc) is 2.98. The van der Waals surface area contributed by atoms with Gasteiger partial charge >= 0.3 is 17.8 Å². The van der Waals surface area contributed by atoms with Crippen LogP contribution in [0.4, 0.5) is 4.79 Å². The van der Waals surface area contributed by atoms with Gasteiger partial charge < -0.3 is 4.74 Å². The van der Waals surface area contributed by atoms with E-state index in [4.69, 9.17) is 4.74 Å². The summed E-state index contributed by atoms with van der Waals surface area (Å²) in [5.74, 6) is 0.187. The Hall–Kier alpha value is -2.29. The number of nitrogens with zero attached hydrogens (tertiary/aromatic N) is 5. The standard InChI is InChI=1S/C17H26N5O4/c1-11-7-5-6-8-21(11)9-12-18-15-14(22(12)10-13(23)26-4)16(24)20(3)17(25)19(15)2/h11,14H,5-10H2,1-4H3/q+1. The highest BCUT2D eigenvalue weighted by Gasteiger charge is 2.53. The van der Waals surface area contributed by atoms with Crippen molar-refractivity contribution in [2.75, 3.05) is 40.8 Å². The van der Waals surface area contributed by atoms with Crippen LogP contribution in [-0.2, 0) is 14.3 Å². The smallest absolute Gasteiger partial charge is 0.347 e. The van der Waals surface area contributed by atoms with Crippen molar-refractivity contribution >= 4 is 29.6 Å². The zero-order valence-electron chi connectivity index (χ0n) is 15.8. The first kappa shape index (κ1) is 18.5. The van der Waals surface area contributed by atoms with E-state index in [9.17, 15) is 14.4 Å². The molecule has 9 heteroatoms. The van der Waals surface area contributed by atoms with Gasteiger partial charge in [-0.2, -0.15) is 0 Å². The van der Waals surface area contributed by atoms with E-state index in [1.807, 2.05) is 0 Å². The van der Waals surface area contributed by atoms with Gasteiger partial charge in [0.05, 0.1) is 7.11 Å². The second kappa shape index (κ2) is 7.14. The minimum atomic E-state index is -0.767. The predicted molar refractivity (Wildman–Crippen MR) is 94.2 cm³/mol. The first-order valence-corrected chi connectivity index (χ1v) is 8.92. The molecule has 2 fully saturated rings. The van der Waals surface area contributed by atoms with Crippen LogP contribution in [0.25, 0.3) is 0 Å². The van der Waals surface area contributed by atoms with E-state index in [1.165, 1.54) is 25.5 Å². The van der Waals surface area contributed by atoms with Gasteiger partial charge in [0.15, 0.2) is 6.54 Å². The number of piperidine rings is 1. The van der Waals surface area contributed by atoms with Gasteiger partial charge in [-0.3, -0.25) is 19.5 Å². The number of carbonyl (C=O) groups excluding carboxylic acids is 3. The third-order valence-corrected chi connectivity index (χ3v) is 5.43. The molecular weight excluding hydrogens is 338 g/mol. The topological polar surface area (TPSA) is 85.5 Å². The van der Waals surface area contributed by atoms with E-state index in [-0.39, 0.29) is 12.5 Å². The van der Waals surface area contributed by atoms with Crippen molar-refractivity contribution in [2.24, 2.45) is 4.99 Å². The highest BCUT2D eigenvalue weighted by Crippen LogP contribution is 2.21. The summed E-state index contributed by atoms with van der Waals surface area (Å²) >= 11 is 0. The molecule has 0 aromatic heterocycles. The normalized spacial score (nSPS) is 27.0. The summed E-state index contributed by atoms with van der Waals surface area (Å²) in [7, 11) is 4.36. The number of esters is 1.